The second kappa shape index (κ2) is 8.57. The predicted octanol–water partition coefficient (Wildman–Crippen LogP) is 6.51. The minimum Gasteiger partial charge on any atom is -0.492 e. The van der Waals surface area contributed by atoms with Crippen LogP contribution >= 0.6 is 27.7 Å². The summed E-state index contributed by atoms with van der Waals surface area (Å²) in [6, 6.07) is 12.4. The topological polar surface area (TPSA) is 47.6 Å². The number of nitrogens with one attached hydrogen (secondary N) is 1. The molecule has 0 fully saturated rings. The standard InChI is InChI=1S/C21H24BrNO3S/c1-14-6-8-15(9-7-14)27-13-5-4-12-25-17-11-10-16-18(19(17)22)21(2,3)26-20(24)23-16/h6-11H,4-5,12-13H2,1-3H3,(H,23,24). The number of halogens is 1. The van der Waals surface area contributed by atoms with Crippen molar-refractivity contribution in [1.82, 2.24) is 0 Å². The number of ether oxygens (including phenoxy) is 2. The smallest absolute Gasteiger partial charge is 0.412 e. The SMILES string of the molecule is Cc1ccc(SCCCCOc2ccc3c(c2Br)C(C)(C)OC(=O)N3)cc1. The molecule has 0 unspecified atom stereocenters. The van der Waals surface area contributed by atoms with Crippen molar-refractivity contribution in [3.8, 4) is 5.75 Å². The van der Waals surface area contributed by atoms with Crippen LogP contribution in [-0.4, -0.2) is 18.5 Å². The largest absolute Gasteiger partial charge is 0.492 e. The summed E-state index contributed by atoms with van der Waals surface area (Å²) in [5.41, 5.74) is 2.23. The molecule has 0 bridgehead atoms. The summed E-state index contributed by atoms with van der Waals surface area (Å²) in [5, 5.41) is 2.74. The highest BCUT2D eigenvalue weighted by molar-refractivity contribution is 9.10. The maximum Gasteiger partial charge on any atom is 0.412 e. The fourth-order valence-electron chi connectivity index (χ4n) is 2.99. The number of carbonyl (C=O) groups excluding carboxylic acids is 1. The molecule has 0 atom stereocenters. The Hall–Kier alpha value is -1.66. The molecule has 1 aliphatic heterocycles. The van der Waals surface area contributed by atoms with E-state index < -0.39 is 11.7 Å². The fraction of sp³-hybridized carbons (Fsp3) is 0.381. The zero-order chi connectivity index (χ0) is 19.4. The highest BCUT2D eigenvalue weighted by atomic mass is 79.9. The molecule has 0 saturated carbocycles. The average molecular weight is 450 g/mol. The number of rotatable bonds is 7. The second-order valence-electron chi connectivity index (χ2n) is 7.04. The van der Waals surface area contributed by atoms with Crippen molar-refractivity contribution in [1.29, 1.82) is 0 Å². The number of thioether (sulfide) groups is 1. The molecule has 3 rings (SSSR count). The Morgan fingerprint density at radius 1 is 1.15 bits per heavy atom. The molecule has 1 aliphatic rings. The third kappa shape index (κ3) is 4.99. The van der Waals surface area contributed by atoms with Gasteiger partial charge in [-0.15, -0.1) is 11.8 Å². The van der Waals surface area contributed by atoms with E-state index in [0.29, 0.717) is 6.61 Å². The third-order valence-corrected chi connectivity index (χ3v) is 6.26. The summed E-state index contributed by atoms with van der Waals surface area (Å²) in [7, 11) is 0. The minimum atomic E-state index is -0.708. The zero-order valence-electron chi connectivity index (χ0n) is 15.8. The van der Waals surface area contributed by atoms with Crippen molar-refractivity contribution >= 4 is 39.5 Å². The first kappa shape index (κ1) is 20.1. The van der Waals surface area contributed by atoms with E-state index in [4.69, 9.17) is 9.47 Å². The maximum absolute atomic E-state index is 11.6. The van der Waals surface area contributed by atoms with Crippen LogP contribution in [0.5, 0.6) is 5.75 Å². The molecule has 6 heteroatoms. The van der Waals surface area contributed by atoms with Gasteiger partial charge in [-0.25, -0.2) is 4.79 Å². The maximum atomic E-state index is 11.6. The summed E-state index contributed by atoms with van der Waals surface area (Å²) < 4.78 is 12.2. The first-order valence-corrected chi connectivity index (χ1v) is 10.8. The predicted molar refractivity (Wildman–Crippen MR) is 114 cm³/mol. The number of unbranched alkanes of at least 4 members (excludes halogenated alkanes) is 1. The van der Waals surface area contributed by atoms with E-state index in [1.165, 1.54) is 10.5 Å². The van der Waals surface area contributed by atoms with Crippen LogP contribution in [0.3, 0.4) is 0 Å². The number of cyclic esters (lactones) is 1. The summed E-state index contributed by atoms with van der Waals surface area (Å²) in [6.07, 6.45) is 1.64. The van der Waals surface area contributed by atoms with E-state index in [-0.39, 0.29) is 0 Å². The summed E-state index contributed by atoms with van der Waals surface area (Å²) in [4.78, 5) is 13.0. The lowest BCUT2D eigenvalue weighted by molar-refractivity contribution is 0.0412. The van der Waals surface area contributed by atoms with Gasteiger partial charge in [0.1, 0.15) is 11.4 Å². The van der Waals surface area contributed by atoms with E-state index in [2.05, 4.69) is 52.4 Å². The molecule has 4 nitrogen and oxygen atoms in total. The first-order valence-electron chi connectivity index (χ1n) is 9.02. The van der Waals surface area contributed by atoms with Gasteiger partial charge in [0.15, 0.2) is 0 Å². The van der Waals surface area contributed by atoms with Crippen molar-refractivity contribution in [3.63, 3.8) is 0 Å². The summed E-state index contributed by atoms with van der Waals surface area (Å²) in [5.74, 6) is 1.85. The molecule has 1 amide bonds. The van der Waals surface area contributed by atoms with Gasteiger partial charge in [-0.05, 0) is 79.6 Å². The molecule has 2 aromatic carbocycles. The van der Waals surface area contributed by atoms with Crippen molar-refractivity contribution in [2.24, 2.45) is 0 Å². The Morgan fingerprint density at radius 2 is 1.89 bits per heavy atom. The zero-order valence-corrected chi connectivity index (χ0v) is 18.2. The Bertz CT molecular complexity index is 821. The number of amides is 1. The van der Waals surface area contributed by atoms with Crippen molar-refractivity contribution in [2.45, 2.75) is 44.1 Å². The van der Waals surface area contributed by atoms with Crippen LogP contribution in [0, 0.1) is 6.92 Å². The van der Waals surface area contributed by atoms with Crippen LogP contribution in [0.25, 0.3) is 0 Å². The van der Waals surface area contributed by atoms with Crippen LogP contribution < -0.4 is 10.1 Å². The molecule has 0 radical (unpaired) electrons. The number of benzene rings is 2. The minimum absolute atomic E-state index is 0.431. The molecular formula is C21H24BrNO3S. The Labute approximate surface area is 173 Å². The Balaban J connectivity index is 1.50. The molecule has 0 aliphatic carbocycles. The number of anilines is 1. The van der Waals surface area contributed by atoms with Gasteiger partial charge in [0.25, 0.3) is 0 Å². The van der Waals surface area contributed by atoms with E-state index in [1.54, 1.807) is 0 Å². The second-order valence-corrected chi connectivity index (χ2v) is 9.00. The van der Waals surface area contributed by atoms with Crippen molar-refractivity contribution < 1.29 is 14.3 Å². The molecule has 0 saturated heterocycles. The quantitative estimate of drug-likeness (QED) is 0.386. The Kier molecular flexibility index (Phi) is 6.37. The van der Waals surface area contributed by atoms with Gasteiger partial charge in [0.05, 0.1) is 16.8 Å². The summed E-state index contributed by atoms with van der Waals surface area (Å²) >= 11 is 5.50. The molecule has 144 valence electrons. The monoisotopic (exact) mass is 449 g/mol. The fourth-order valence-corrected chi connectivity index (χ4v) is 4.84. The first-order chi connectivity index (χ1) is 12.9. The molecule has 2 aromatic rings. The van der Waals surface area contributed by atoms with Crippen LogP contribution in [0.4, 0.5) is 10.5 Å². The van der Waals surface area contributed by atoms with Gasteiger partial charge in [0, 0.05) is 10.5 Å². The van der Waals surface area contributed by atoms with Gasteiger partial charge in [-0.2, -0.15) is 0 Å². The van der Waals surface area contributed by atoms with Crippen LogP contribution in [-0.2, 0) is 10.3 Å². The van der Waals surface area contributed by atoms with Gasteiger partial charge < -0.3 is 9.47 Å². The molecule has 0 aromatic heterocycles. The van der Waals surface area contributed by atoms with Crippen molar-refractivity contribution in [3.05, 3.63) is 52.0 Å². The van der Waals surface area contributed by atoms with Gasteiger partial charge >= 0.3 is 6.09 Å². The molecule has 27 heavy (non-hydrogen) atoms. The average Bonchev–Trinajstić information content (AvgIpc) is 2.59. The number of carbonyl (C=O) groups is 1. The molecular weight excluding hydrogens is 426 g/mol. The van der Waals surface area contributed by atoms with E-state index in [1.807, 2.05) is 37.7 Å². The highest BCUT2D eigenvalue weighted by Crippen LogP contribution is 2.44. The number of hydrogen-bond donors (Lipinski definition) is 1. The number of hydrogen-bond acceptors (Lipinski definition) is 4. The third-order valence-electron chi connectivity index (χ3n) is 4.38. The van der Waals surface area contributed by atoms with Crippen LogP contribution in [0.1, 0.15) is 37.8 Å². The lowest BCUT2D eigenvalue weighted by Gasteiger charge is -2.33. The van der Waals surface area contributed by atoms with Crippen LogP contribution in [0.2, 0.25) is 0 Å². The molecule has 0 spiro atoms. The number of aryl methyl sites for hydroxylation is 1. The van der Waals surface area contributed by atoms with Gasteiger partial charge in [-0.1, -0.05) is 17.7 Å². The van der Waals surface area contributed by atoms with Gasteiger partial charge in [0.2, 0.25) is 0 Å². The highest BCUT2D eigenvalue weighted by Gasteiger charge is 2.36. The normalized spacial score (nSPS) is 14.9. The van der Waals surface area contributed by atoms with Crippen LogP contribution in [0.15, 0.2) is 45.8 Å². The van der Waals surface area contributed by atoms with E-state index in [9.17, 15) is 4.79 Å². The number of fused-ring (bicyclic) bond motifs is 1. The summed E-state index contributed by atoms with van der Waals surface area (Å²) in [6.45, 7) is 6.51. The Morgan fingerprint density at radius 3 is 2.63 bits per heavy atom. The lowest BCUT2D eigenvalue weighted by Crippen LogP contribution is -2.35. The molecule has 1 heterocycles. The van der Waals surface area contributed by atoms with Crippen molar-refractivity contribution in [2.75, 3.05) is 17.7 Å². The lowest BCUT2D eigenvalue weighted by atomic mass is 9.94. The van der Waals surface area contributed by atoms with Gasteiger partial charge in [-0.3, -0.25) is 5.32 Å². The van der Waals surface area contributed by atoms with E-state index >= 15 is 0 Å². The van der Waals surface area contributed by atoms with E-state index in [0.717, 1.165) is 40.1 Å². The molecule has 1 N–H and O–H groups in total.